The van der Waals surface area contributed by atoms with Crippen molar-refractivity contribution in [2.75, 3.05) is 6.54 Å². The molecule has 5 heteroatoms. The molecule has 1 aromatic carbocycles. The number of nitrogens with one attached hydrogen (secondary N) is 1. The van der Waals surface area contributed by atoms with Crippen LogP contribution in [0, 0.1) is 0 Å². The Labute approximate surface area is 115 Å². The van der Waals surface area contributed by atoms with Crippen LogP contribution in [0.2, 0.25) is 0 Å². The van der Waals surface area contributed by atoms with Crippen molar-refractivity contribution in [3.8, 4) is 5.75 Å². The number of aliphatic hydroxyl groups excluding tert-OH is 1. The molecule has 18 heavy (non-hydrogen) atoms. The van der Waals surface area contributed by atoms with Gasteiger partial charge in [-0.1, -0.05) is 13.0 Å². The van der Waals surface area contributed by atoms with E-state index < -0.39 is 6.10 Å². The van der Waals surface area contributed by atoms with Gasteiger partial charge in [0.15, 0.2) is 6.10 Å². The molecule has 100 valence electrons. The van der Waals surface area contributed by atoms with Gasteiger partial charge in [-0.3, -0.25) is 4.79 Å². The number of amides is 1. The predicted molar refractivity (Wildman–Crippen MR) is 73.5 cm³/mol. The second kappa shape index (κ2) is 7.38. The van der Waals surface area contributed by atoms with Gasteiger partial charge in [0.1, 0.15) is 5.75 Å². The van der Waals surface area contributed by atoms with Crippen molar-refractivity contribution in [3.63, 3.8) is 0 Å². The van der Waals surface area contributed by atoms with Gasteiger partial charge in [-0.2, -0.15) is 0 Å². The van der Waals surface area contributed by atoms with E-state index in [-0.39, 0.29) is 12.5 Å². The Hall–Kier alpha value is -1.07. The Bertz CT molecular complexity index is 409. The van der Waals surface area contributed by atoms with E-state index in [2.05, 4.69) is 21.2 Å². The van der Waals surface area contributed by atoms with Gasteiger partial charge in [0.05, 0.1) is 11.1 Å². The second-order valence-corrected chi connectivity index (χ2v) is 4.83. The van der Waals surface area contributed by atoms with Crippen molar-refractivity contribution < 1.29 is 14.6 Å². The summed E-state index contributed by atoms with van der Waals surface area (Å²) in [4.78, 5) is 11.6. The van der Waals surface area contributed by atoms with Gasteiger partial charge in [0.2, 0.25) is 0 Å². The molecule has 0 heterocycles. The van der Waals surface area contributed by atoms with E-state index in [1.807, 2.05) is 6.92 Å². The summed E-state index contributed by atoms with van der Waals surface area (Å²) in [6, 6.07) is 5.27. The number of halogens is 1. The summed E-state index contributed by atoms with van der Waals surface area (Å²) in [5.74, 6) is 0.460. The van der Waals surface area contributed by atoms with Gasteiger partial charge in [-0.05, 0) is 47.0 Å². The van der Waals surface area contributed by atoms with Crippen molar-refractivity contribution >= 4 is 21.8 Å². The number of rotatable bonds is 6. The molecular weight excluding hydrogens is 298 g/mol. The van der Waals surface area contributed by atoms with E-state index in [0.29, 0.717) is 12.3 Å². The van der Waals surface area contributed by atoms with E-state index in [9.17, 15) is 4.79 Å². The molecule has 0 aliphatic carbocycles. The molecule has 0 saturated heterocycles. The van der Waals surface area contributed by atoms with Crippen molar-refractivity contribution in [1.82, 2.24) is 5.32 Å². The van der Waals surface area contributed by atoms with Gasteiger partial charge < -0.3 is 15.2 Å². The highest BCUT2D eigenvalue weighted by Crippen LogP contribution is 2.26. The fraction of sp³-hybridized carbons (Fsp3) is 0.462. The lowest BCUT2D eigenvalue weighted by atomic mass is 10.2. The van der Waals surface area contributed by atoms with Crippen molar-refractivity contribution in [2.45, 2.75) is 33.0 Å². The first-order valence-corrected chi connectivity index (χ1v) is 6.71. The van der Waals surface area contributed by atoms with Crippen molar-refractivity contribution in [3.05, 3.63) is 28.2 Å². The molecule has 1 amide bonds. The number of aliphatic hydroxyl groups is 1. The van der Waals surface area contributed by atoms with Crippen LogP contribution in [0.5, 0.6) is 5.75 Å². The molecule has 1 rings (SSSR count). The summed E-state index contributed by atoms with van der Waals surface area (Å²) >= 11 is 3.35. The average Bonchev–Trinajstić information content (AvgIpc) is 2.38. The second-order valence-electron chi connectivity index (χ2n) is 3.97. The quantitative estimate of drug-likeness (QED) is 0.846. The van der Waals surface area contributed by atoms with E-state index in [4.69, 9.17) is 9.84 Å². The Morgan fingerprint density at radius 1 is 1.56 bits per heavy atom. The molecule has 4 nitrogen and oxygen atoms in total. The Morgan fingerprint density at radius 3 is 2.83 bits per heavy atom. The highest BCUT2D eigenvalue weighted by molar-refractivity contribution is 9.10. The first-order chi connectivity index (χ1) is 8.58. The van der Waals surface area contributed by atoms with E-state index in [0.717, 1.165) is 16.5 Å². The number of carbonyl (C=O) groups is 1. The molecule has 0 aliphatic rings. The van der Waals surface area contributed by atoms with E-state index >= 15 is 0 Å². The van der Waals surface area contributed by atoms with Gasteiger partial charge in [0.25, 0.3) is 5.91 Å². The molecule has 1 unspecified atom stereocenters. The minimum Gasteiger partial charge on any atom is -0.480 e. The van der Waals surface area contributed by atoms with Gasteiger partial charge >= 0.3 is 0 Å². The van der Waals surface area contributed by atoms with Crippen LogP contribution in [0.3, 0.4) is 0 Å². The van der Waals surface area contributed by atoms with Crippen LogP contribution < -0.4 is 10.1 Å². The molecule has 0 saturated carbocycles. The fourth-order valence-corrected chi connectivity index (χ4v) is 1.89. The topological polar surface area (TPSA) is 58.6 Å². The maximum atomic E-state index is 11.6. The minimum atomic E-state index is -0.548. The van der Waals surface area contributed by atoms with Crippen LogP contribution in [0.1, 0.15) is 25.8 Å². The first-order valence-electron chi connectivity index (χ1n) is 5.92. The van der Waals surface area contributed by atoms with Crippen LogP contribution in [-0.2, 0) is 11.4 Å². The maximum absolute atomic E-state index is 11.6. The normalized spacial score (nSPS) is 12.0. The van der Waals surface area contributed by atoms with Gasteiger partial charge in [0, 0.05) is 6.54 Å². The summed E-state index contributed by atoms with van der Waals surface area (Å²) in [6.45, 7) is 4.33. The van der Waals surface area contributed by atoms with Crippen LogP contribution in [0.4, 0.5) is 0 Å². The first kappa shape index (κ1) is 15.0. The lowest BCUT2D eigenvalue weighted by Crippen LogP contribution is -2.36. The lowest BCUT2D eigenvalue weighted by molar-refractivity contribution is -0.127. The molecule has 0 bridgehead atoms. The number of hydrogen-bond donors (Lipinski definition) is 2. The van der Waals surface area contributed by atoms with Crippen LogP contribution in [0.25, 0.3) is 0 Å². The van der Waals surface area contributed by atoms with Crippen LogP contribution in [-0.4, -0.2) is 23.7 Å². The standard InChI is InChI=1S/C13H18BrNO3/c1-3-6-15-13(17)9(2)18-12-5-4-10(8-16)7-11(12)14/h4-5,7,9,16H,3,6,8H2,1-2H3,(H,15,17). The summed E-state index contributed by atoms with van der Waals surface area (Å²) < 4.78 is 6.29. The molecule has 0 radical (unpaired) electrons. The van der Waals surface area contributed by atoms with Crippen LogP contribution >= 0.6 is 15.9 Å². The molecule has 1 atom stereocenters. The zero-order valence-corrected chi connectivity index (χ0v) is 12.2. The number of benzene rings is 1. The SMILES string of the molecule is CCCNC(=O)C(C)Oc1ccc(CO)cc1Br. The molecule has 0 spiro atoms. The number of ether oxygens (including phenoxy) is 1. The third kappa shape index (κ3) is 4.31. The lowest BCUT2D eigenvalue weighted by Gasteiger charge is -2.15. The highest BCUT2D eigenvalue weighted by Gasteiger charge is 2.15. The van der Waals surface area contributed by atoms with Gasteiger partial charge in [-0.15, -0.1) is 0 Å². The third-order valence-corrected chi connectivity index (χ3v) is 3.02. The van der Waals surface area contributed by atoms with Gasteiger partial charge in [-0.25, -0.2) is 0 Å². The van der Waals surface area contributed by atoms with E-state index in [1.165, 1.54) is 0 Å². The minimum absolute atomic E-state index is 0.0224. The molecule has 0 aromatic heterocycles. The number of carbonyl (C=O) groups excluding carboxylic acids is 1. The van der Waals surface area contributed by atoms with Crippen molar-refractivity contribution in [2.24, 2.45) is 0 Å². The zero-order valence-electron chi connectivity index (χ0n) is 10.6. The summed E-state index contributed by atoms with van der Waals surface area (Å²) in [5, 5.41) is 11.8. The molecule has 0 aliphatic heterocycles. The molecule has 1 aromatic rings. The van der Waals surface area contributed by atoms with Crippen molar-refractivity contribution in [1.29, 1.82) is 0 Å². The maximum Gasteiger partial charge on any atom is 0.260 e. The molecule has 0 fully saturated rings. The summed E-state index contributed by atoms with van der Waals surface area (Å²) in [5.41, 5.74) is 0.789. The van der Waals surface area contributed by atoms with Crippen LogP contribution in [0.15, 0.2) is 22.7 Å². The average molecular weight is 316 g/mol. The Kier molecular flexibility index (Phi) is 6.15. The zero-order chi connectivity index (χ0) is 13.5. The highest BCUT2D eigenvalue weighted by atomic mass is 79.9. The fourth-order valence-electron chi connectivity index (χ4n) is 1.37. The monoisotopic (exact) mass is 315 g/mol. The van der Waals surface area contributed by atoms with E-state index in [1.54, 1.807) is 25.1 Å². The predicted octanol–water partition coefficient (Wildman–Crippen LogP) is 2.23. The molecular formula is C13H18BrNO3. The molecule has 2 N–H and O–H groups in total. The smallest absolute Gasteiger partial charge is 0.260 e. The third-order valence-electron chi connectivity index (χ3n) is 2.40. The Morgan fingerprint density at radius 2 is 2.28 bits per heavy atom. The Balaban J connectivity index is 2.64. The summed E-state index contributed by atoms with van der Waals surface area (Å²) in [6.07, 6.45) is 0.348. The summed E-state index contributed by atoms with van der Waals surface area (Å²) in [7, 11) is 0. The largest absolute Gasteiger partial charge is 0.480 e. The number of hydrogen-bond acceptors (Lipinski definition) is 3.